The summed E-state index contributed by atoms with van der Waals surface area (Å²) < 4.78 is 11.0. The van der Waals surface area contributed by atoms with Crippen molar-refractivity contribution >= 4 is 0 Å². The van der Waals surface area contributed by atoms with Crippen molar-refractivity contribution in [3.05, 3.63) is 23.8 Å². The zero-order valence-electron chi connectivity index (χ0n) is 8.32. The summed E-state index contributed by atoms with van der Waals surface area (Å²) >= 11 is 0. The van der Waals surface area contributed by atoms with Crippen molar-refractivity contribution in [2.45, 2.75) is 19.4 Å². The van der Waals surface area contributed by atoms with Crippen molar-refractivity contribution in [3.63, 3.8) is 0 Å². The minimum atomic E-state index is 0.111. The van der Waals surface area contributed by atoms with Gasteiger partial charge in [0, 0.05) is 6.04 Å². The largest absolute Gasteiger partial charge is 0.490 e. The van der Waals surface area contributed by atoms with Gasteiger partial charge < -0.3 is 15.2 Å². The number of benzene rings is 1. The van der Waals surface area contributed by atoms with Gasteiger partial charge >= 0.3 is 0 Å². The van der Waals surface area contributed by atoms with Crippen LogP contribution in [-0.2, 0) is 6.42 Å². The van der Waals surface area contributed by atoms with Crippen LogP contribution in [0.1, 0.15) is 12.5 Å². The molecule has 0 fully saturated rings. The molecule has 2 rings (SSSR count). The lowest BCUT2D eigenvalue weighted by molar-refractivity contribution is 0.240. The summed E-state index contributed by atoms with van der Waals surface area (Å²) in [6, 6.07) is 6.06. The van der Waals surface area contributed by atoms with E-state index in [4.69, 9.17) is 15.2 Å². The Labute approximate surface area is 83.8 Å². The van der Waals surface area contributed by atoms with Crippen LogP contribution in [-0.4, -0.2) is 19.3 Å². The molecule has 0 aromatic heterocycles. The molecule has 1 aliphatic heterocycles. The molecule has 1 atom stereocenters. The molecule has 0 aliphatic carbocycles. The van der Waals surface area contributed by atoms with E-state index < -0.39 is 0 Å². The maximum absolute atomic E-state index is 5.81. The van der Waals surface area contributed by atoms with Gasteiger partial charge in [-0.25, -0.2) is 0 Å². The van der Waals surface area contributed by atoms with Gasteiger partial charge in [0.05, 0.1) is 6.61 Å². The third-order valence-electron chi connectivity index (χ3n) is 2.28. The molecule has 1 aromatic rings. The summed E-state index contributed by atoms with van der Waals surface area (Å²) in [7, 11) is 0. The van der Waals surface area contributed by atoms with Crippen LogP contribution in [0, 0.1) is 0 Å². The highest BCUT2D eigenvalue weighted by molar-refractivity contribution is 5.48. The zero-order valence-corrected chi connectivity index (χ0v) is 8.32. The Bertz CT molecular complexity index is 311. The van der Waals surface area contributed by atoms with Crippen LogP contribution in [0.5, 0.6) is 11.5 Å². The van der Waals surface area contributed by atoms with Gasteiger partial charge in [-0.2, -0.15) is 0 Å². The first-order valence-electron chi connectivity index (χ1n) is 4.94. The SMILES string of the molecule is CCOc1cccc2c1OCC(N)C2. The van der Waals surface area contributed by atoms with E-state index in [0.29, 0.717) is 13.2 Å². The number of hydrogen-bond donors (Lipinski definition) is 1. The predicted octanol–water partition coefficient (Wildman–Crippen LogP) is 1.35. The fraction of sp³-hybridized carbons (Fsp3) is 0.455. The van der Waals surface area contributed by atoms with Crippen LogP contribution in [0.2, 0.25) is 0 Å². The number of rotatable bonds is 2. The van der Waals surface area contributed by atoms with Crippen LogP contribution in [0.25, 0.3) is 0 Å². The van der Waals surface area contributed by atoms with Crippen LogP contribution < -0.4 is 15.2 Å². The van der Waals surface area contributed by atoms with Gasteiger partial charge in [0.25, 0.3) is 0 Å². The van der Waals surface area contributed by atoms with E-state index >= 15 is 0 Å². The highest BCUT2D eigenvalue weighted by atomic mass is 16.5. The van der Waals surface area contributed by atoms with E-state index in [2.05, 4.69) is 0 Å². The molecule has 0 saturated carbocycles. The number of para-hydroxylation sites is 1. The fourth-order valence-corrected chi connectivity index (χ4v) is 1.69. The topological polar surface area (TPSA) is 44.5 Å². The van der Waals surface area contributed by atoms with Crippen molar-refractivity contribution in [2.75, 3.05) is 13.2 Å². The first-order chi connectivity index (χ1) is 6.81. The van der Waals surface area contributed by atoms with Crippen LogP contribution >= 0.6 is 0 Å². The first-order valence-corrected chi connectivity index (χ1v) is 4.94. The number of ether oxygens (including phenoxy) is 2. The van der Waals surface area contributed by atoms with Gasteiger partial charge in [-0.1, -0.05) is 12.1 Å². The van der Waals surface area contributed by atoms with Crippen molar-refractivity contribution in [1.82, 2.24) is 0 Å². The summed E-state index contributed by atoms with van der Waals surface area (Å²) in [5.41, 5.74) is 6.96. The van der Waals surface area contributed by atoms with Gasteiger partial charge in [0.2, 0.25) is 0 Å². The Balaban J connectivity index is 2.31. The van der Waals surface area contributed by atoms with Gasteiger partial charge in [-0.3, -0.25) is 0 Å². The van der Waals surface area contributed by atoms with E-state index in [1.54, 1.807) is 0 Å². The molecular formula is C11H15NO2. The summed E-state index contributed by atoms with van der Waals surface area (Å²) in [6.07, 6.45) is 0.871. The summed E-state index contributed by atoms with van der Waals surface area (Å²) in [5, 5.41) is 0. The van der Waals surface area contributed by atoms with Crippen LogP contribution in [0.4, 0.5) is 0 Å². The number of fused-ring (bicyclic) bond motifs is 1. The minimum absolute atomic E-state index is 0.111. The molecule has 76 valence electrons. The molecule has 14 heavy (non-hydrogen) atoms. The normalized spacial score (nSPS) is 19.7. The van der Waals surface area contributed by atoms with Gasteiger partial charge in [-0.05, 0) is 25.0 Å². The maximum atomic E-state index is 5.81. The van der Waals surface area contributed by atoms with E-state index in [0.717, 1.165) is 23.5 Å². The summed E-state index contributed by atoms with van der Waals surface area (Å²) in [4.78, 5) is 0. The molecule has 0 bridgehead atoms. The third-order valence-corrected chi connectivity index (χ3v) is 2.28. The molecule has 1 heterocycles. The molecule has 2 N–H and O–H groups in total. The molecule has 3 heteroatoms. The molecule has 0 saturated heterocycles. The Morgan fingerprint density at radius 3 is 3.21 bits per heavy atom. The number of hydrogen-bond acceptors (Lipinski definition) is 3. The minimum Gasteiger partial charge on any atom is -0.490 e. The highest BCUT2D eigenvalue weighted by Crippen LogP contribution is 2.34. The Hall–Kier alpha value is -1.22. The molecule has 0 amide bonds. The van der Waals surface area contributed by atoms with Crippen LogP contribution in [0.15, 0.2) is 18.2 Å². The second-order valence-corrected chi connectivity index (χ2v) is 3.45. The monoisotopic (exact) mass is 193 g/mol. The van der Waals surface area contributed by atoms with E-state index in [9.17, 15) is 0 Å². The lowest BCUT2D eigenvalue weighted by Crippen LogP contribution is -2.33. The molecule has 1 unspecified atom stereocenters. The standard InChI is InChI=1S/C11H15NO2/c1-2-13-10-5-3-4-8-6-9(12)7-14-11(8)10/h3-5,9H,2,6-7,12H2,1H3. The molecule has 1 aliphatic rings. The molecular weight excluding hydrogens is 178 g/mol. The summed E-state index contributed by atoms with van der Waals surface area (Å²) in [5.74, 6) is 1.70. The molecule has 0 spiro atoms. The van der Waals surface area contributed by atoms with Crippen molar-refractivity contribution in [3.8, 4) is 11.5 Å². The van der Waals surface area contributed by atoms with Crippen molar-refractivity contribution in [1.29, 1.82) is 0 Å². The Morgan fingerprint density at radius 2 is 2.43 bits per heavy atom. The average Bonchev–Trinajstić information content (AvgIpc) is 2.18. The Kier molecular flexibility index (Phi) is 2.59. The molecule has 0 radical (unpaired) electrons. The molecule has 3 nitrogen and oxygen atoms in total. The maximum Gasteiger partial charge on any atom is 0.164 e. The number of nitrogens with two attached hydrogens (primary N) is 1. The van der Waals surface area contributed by atoms with Crippen molar-refractivity contribution < 1.29 is 9.47 Å². The molecule has 1 aromatic carbocycles. The smallest absolute Gasteiger partial charge is 0.164 e. The van der Waals surface area contributed by atoms with Crippen LogP contribution in [0.3, 0.4) is 0 Å². The van der Waals surface area contributed by atoms with Gasteiger partial charge in [-0.15, -0.1) is 0 Å². The second-order valence-electron chi connectivity index (χ2n) is 3.45. The first kappa shape index (κ1) is 9.34. The quantitative estimate of drug-likeness (QED) is 0.771. The van der Waals surface area contributed by atoms with E-state index in [1.807, 2.05) is 25.1 Å². The van der Waals surface area contributed by atoms with E-state index in [1.165, 1.54) is 0 Å². The fourth-order valence-electron chi connectivity index (χ4n) is 1.69. The Morgan fingerprint density at radius 1 is 1.57 bits per heavy atom. The predicted molar refractivity (Wildman–Crippen MR) is 54.8 cm³/mol. The average molecular weight is 193 g/mol. The van der Waals surface area contributed by atoms with Crippen molar-refractivity contribution in [2.24, 2.45) is 5.73 Å². The lowest BCUT2D eigenvalue weighted by Gasteiger charge is -2.24. The zero-order chi connectivity index (χ0) is 9.97. The summed E-state index contributed by atoms with van der Waals surface area (Å²) in [6.45, 7) is 3.21. The van der Waals surface area contributed by atoms with Gasteiger partial charge in [0.1, 0.15) is 6.61 Å². The third kappa shape index (κ3) is 1.68. The second kappa shape index (κ2) is 3.88. The van der Waals surface area contributed by atoms with Gasteiger partial charge in [0.15, 0.2) is 11.5 Å². The lowest BCUT2D eigenvalue weighted by atomic mass is 10.0. The van der Waals surface area contributed by atoms with E-state index in [-0.39, 0.29) is 6.04 Å². The highest BCUT2D eigenvalue weighted by Gasteiger charge is 2.19.